The summed E-state index contributed by atoms with van der Waals surface area (Å²) in [4.78, 5) is 12.1. The Balaban J connectivity index is 2.20. The fourth-order valence-electron chi connectivity index (χ4n) is 1.71. The molecule has 0 unspecified atom stereocenters. The van der Waals surface area contributed by atoms with E-state index < -0.39 is 0 Å². The fourth-order valence-corrected chi connectivity index (χ4v) is 3.03. The largest absolute Gasteiger partial charge is 0.289 e. The lowest BCUT2D eigenvalue weighted by Crippen LogP contribution is -1.99. The van der Waals surface area contributed by atoms with Gasteiger partial charge < -0.3 is 0 Å². The van der Waals surface area contributed by atoms with Crippen molar-refractivity contribution in [1.82, 2.24) is 0 Å². The van der Waals surface area contributed by atoms with Crippen LogP contribution in [0.2, 0.25) is 0 Å². The molecule has 0 aliphatic rings. The van der Waals surface area contributed by atoms with Gasteiger partial charge in [-0.3, -0.25) is 4.79 Å². The summed E-state index contributed by atoms with van der Waals surface area (Å²) >= 11 is 3.84. The number of benzene rings is 1. The van der Waals surface area contributed by atoms with E-state index in [0.29, 0.717) is 0 Å². The third kappa shape index (κ3) is 3.16. The molecule has 0 spiro atoms. The van der Waals surface area contributed by atoms with Gasteiger partial charge in [0.05, 0.1) is 2.88 Å². The molecule has 0 bridgehead atoms. The molecule has 0 aliphatic heterocycles. The van der Waals surface area contributed by atoms with E-state index in [2.05, 4.69) is 29.5 Å². The van der Waals surface area contributed by atoms with Crippen LogP contribution in [-0.2, 0) is 6.42 Å². The summed E-state index contributed by atoms with van der Waals surface area (Å²) in [6, 6.07) is 9.89. The zero-order valence-corrected chi connectivity index (χ0v) is 12.5. The summed E-state index contributed by atoms with van der Waals surface area (Å²) in [7, 11) is 0. The van der Waals surface area contributed by atoms with Crippen LogP contribution in [0.4, 0.5) is 0 Å². The Hall–Kier alpha value is -0.680. The van der Waals surface area contributed by atoms with E-state index in [1.165, 1.54) is 5.56 Å². The van der Waals surface area contributed by atoms with Crippen LogP contribution < -0.4 is 0 Å². The number of thiophene rings is 1. The van der Waals surface area contributed by atoms with Crippen molar-refractivity contribution in [3.05, 3.63) is 55.3 Å². The predicted octanol–water partition coefficient (Wildman–Crippen LogP) is 4.54. The van der Waals surface area contributed by atoms with Gasteiger partial charge >= 0.3 is 0 Å². The van der Waals surface area contributed by atoms with Gasteiger partial charge in [-0.25, -0.2) is 0 Å². The van der Waals surface area contributed by atoms with Crippen molar-refractivity contribution in [2.75, 3.05) is 0 Å². The molecular weight excluding hydrogens is 343 g/mol. The second kappa shape index (κ2) is 5.78. The Kier molecular flexibility index (Phi) is 4.34. The Bertz CT molecular complexity index is 513. The SMILES string of the molecule is CCCc1ccc(C(=O)c2csc(I)c2)cc1. The minimum absolute atomic E-state index is 0.118. The fraction of sp³-hybridized carbons (Fsp3) is 0.214. The topological polar surface area (TPSA) is 17.1 Å². The maximum absolute atomic E-state index is 12.1. The van der Waals surface area contributed by atoms with Crippen LogP contribution in [-0.4, -0.2) is 5.78 Å². The van der Waals surface area contributed by atoms with E-state index >= 15 is 0 Å². The van der Waals surface area contributed by atoms with Gasteiger partial charge in [0.25, 0.3) is 0 Å². The molecule has 1 nitrogen and oxygen atoms in total. The molecule has 2 aromatic rings. The van der Waals surface area contributed by atoms with Crippen LogP contribution >= 0.6 is 33.9 Å². The van der Waals surface area contributed by atoms with Crippen LogP contribution in [0.15, 0.2) is 35.7 Å². The number of hydrogen-bond donors (Lipinski definition) is 0. The molecule has 1 heterocycles. The Morgan fingerprint density at radius 1 is 1.24 bits per heavy atom. The highest BCUT2D eigenvalue weighted by molar-refractivity contribution is 14.1. The first-order chi connectivity index (χ1) is 8.20. The first-order valence-corrected chi connectivity index (χ1v) is 7.54. The van der Waals surface area contributed by atoms with Crippen LogP contribution in [0.3, 0.4) is 0 Å². The zero-order chi connectivity index (χ0) is 12.3. The summed E-state index contributed by atoms with van der Waals surface area (Å²) in [5.41, 5.74) is 2.87. The van der Waals surface area contributed by atoms with Crippen molar-refractivity contribution in [2.24, 2.45) is 0 Å². The molecule has 0 saturated heterocycles. The second-order valence-electron chi connectivity index (χ2n) is 3.92. The van der Waals surface area contributed by atoms with Gasteiger partial charge in [0.15, 0.2) is 5.78 Å². The molecule has 2 rings (SSSR count). The average Bonchev–Trinajstić information content (AvgIpc) is 2.76. The number of ketones is 1. The lowest BCUT2D eigenvalue weighted by atomic mass is 10.0. The monoisotopic (exact) mass is 356 g/mol. The Morgan fingerprint density at radius 2 is 1.94 bits per heavy atom. The third-order valence-electron chi connectivity index (χ3n) is 2.58. The predicted molar refractivity (Wildman–Crippen MR) is 80.9 cm³/mol. The highest BCUT2D eigenvalue weighted by Gasteiger charge is 2.10. The smallest absolute Gasteiger partial charge is 0.193 e. The Morgan fingerprint density at radius 3 is 2.47 bits per heavy atom. The molecule has 1 aromatic heterocycles. The quantitative estimate of drug-likeness (QED) is 0.581. The molecule has 0 atom stereocenters. The maximum Gasteiger partial charge on any atom is 0.193 e. The van der Waals surface area contributed by atoms with E-state index in [1.807, 2.05) is 35.7 Å². The van der Waals surface area contributed by atoms with E-state index in [1.54, 1.807) is 11.3 Å². The average molecular weight is 356 g/mol. The van der Waals surface area contributed by atoms with E-state index in [4.69, 9.17) is 0 Å². The zero-order valence-electron chi connectivity index (χ0n) is 9.57. The maximum atomic E-state index is 12.1. The standard InChI is InChI=1S/C14H13IOS/c1-2-3-10-4-6-11(7-5-10)14(16)12-8-13(15)17-9-12/h4-9H,2-3H2,1H3. The summed E-state index contributed by atoms with van der Waals surface area (Å²) in [5, 5.41) is 1.92. The van der Waals surface area contributed by atoms with Gasteiger partial charge in [-0.15, -0.1) is 11.3 Å². The molecule has 3 heteroatoms. The molecular formula is C14H13IOS. The van der Waals surface area contributed by atoms with Crippen molar-refractivity contribution >= 4 is 39.7 Å². The van der Waals surface area contributed by atoms with Gasteiger partial charge in [-0.1, -0.05) is 37.6 Å². The van der Waals surface area contributed by atoms with Gasteiger partial charge in [0, 0.05) is 16.5 Å². The van der Waals surface area contributed by atoms with Crippen LogP contribution in [0.5, 0.6) is 0 Å². The molecule has 88 valence electrons. The van der Waals surface area contributed by atoms with Gasteiger partial charge in [-0.2, -0.15) is 0 Å². The number of aryl methyl sites for hydroxylation is 1. The van der Waals surface area contributed by atoms with Crippen molar-refractivity contribution in [2.45, 2.75) is 19.8 Å². The van der Waals surface area contributed by atoms with E-state index in [-0.39, 0.29) is 5.78 Å². The number of hydrogen-bond acceptors (Lipinski definition) is 2. The molecule has 0 N–H and O–H groups in total. The van der Waals surface area contributed by atoms with Gasteiger partial charge in [-0.05, 0) is 40.6 Å². The minimum atomic E-state index is 0.118. The summed E-state index contributed by atoms with van der Waals surface area (Å²) in [5.74, 6) is 0.118. The summed E-state index contributed by atoms with van der Waals surface area (Å²) in [6.45, 7) is 2.16. The first-order valence-electron chi connectivity index (χ1n) is 5.58. The number of carbonyl (C=O) groups is 1. The molecule has 1 aromatic carbocycles. The number of rotatable bonds is 4. The third-order valence-corrected chi connectivity index (χ3v) is 4.37. The highest BCUT2D eigenvalue weighted by Crippen LogP contribution is 2.20. The van der Waals surface area contributed by atoms with Crippen LogP contribution in [0.25, 0.3) is 0 Å². The summed E-state index contributed by atoms with van der Waals surface area (Å²) < 4.78 is 1.15. The molecule has 0 aliphatic carbocycles. The number of halogens is 1. The molecule has 17 heavy (non-hydrogen) atoms. The molecule has 0 amide bonds. The lowest BCUT2D eigenvalue weighted by molar-refractivity contribution is 0.103. The van der Waals surface area contributed by atoms with Crippen molar-refractivity contribution in [1.29, 1.82) is 0 Å². The van der Waals surface area contributed by atoms with Crippen molar-refractivity contribution in [3.63, 3.8) is 0 Å². The minimum Gasteiger partial charge on any atom is -0.289 e. The molecule has 0 fully saturated rings. The summed E-state index contributed by atoms with van der Waals surface area (Å²) in [6.07, 6.45) is 2.21. The van der Waals surface area contributed by atoms with Gasteiger partial charge in [0.1, 0.15) is 0 Å². The number of carbonyl (C=O) groups excluding carboxylic acids is 1. The van der Waals surface area contributed by atoms with Crippen LogP contribution in [0.1, 0.15) is 34.8 Å². The molecule has 0 saturated carbocycles. The lowest BCUT2D eigenvalue weighted by Gasteiger charge is -2.01. The first kappa shape index (κ1) is 12.8. The van der Waals surface area contributed by atoms with Crippen molar-refractivity contribution < 1.29 is 4.79 Å². The van der Waals surface area contributed by atoms with E-state index in [9.17, 15) is 4.79 Å². The van der Waals surface area contributed by atoms with Crippen LogP contribution in [0, 0.1) is 2.88 Å². The Labute approximate surface area is 119 Å². The van der Waals surface area contributed by atoms with Gasteiger partial charge in [0.2, 0.25) is 0 Å². The highest BCUT2D eigenvalue weighted by atomic mass is 127. The normalized spacial score (nSPS) is 10.5. The van der Waals surface area contributed by atoms with Crippen molar-refractivity contribution in [3.8, 4) is 0 Å². The van der Waals surface area contributed by atoms with E-state index in [0.717, 1.165) is 26.9 Å². The molecule has 0 radical (unpaired) electrons. The second-order valence-corrected chi connectivity index (χ2v) is 6.72.